The summed E-state index contributed by atoms with van der Waals surface area (Å²) in [4.78, 5) is 40.1. The van der Waals surface area contributed by atoms with Crippen molar-refractivity contribution in [1.82, 2.24) is 9.80 Å². The topological polar surface area (TPSA) is 77.9 Å². The summed E-state index contributed by atoms with van der Waals surface area (Å²) in [6.45, 7) is 1.29. The smallest absolute Gasteiger partial charge is 0.303 e. The Kier molecular flexibility index (Phi) is 6.19. The van der Waals surface area contributed by atoms with Gasteiger partial charge in [0, 0.05) is 30.8 Å². The van der Waals surface area contributed by atoms with Crippen molar-refractivity contribution >= 4 is 29.5 Å². The third kappa shape index (κ3) is 4.38. The Morgan fingerprint density at radius 2 is 1.96 bits per heavy atom. The van der Waals surface area contributed by atoms with Crippen LogP contribution in [0.4, 0.5) is 0 Å². The summed E-state index contributed by atoms with van der Waals surface area (Å²) >= 11 is 1.60. The molecule has 0 aliphatic carbocycles. The molecule has 0 spiro atoms. The van der Waals surface area contributed by atoms with Crippen molar-refractivity contribution in [3.05, 3.63) is 35.9 Å². The number of hydrogen-bond acceptors (Lipinski definition) is 4. The monoisotopic (exact) mass is 376 g/mol. The lowest BCUT2D eigenvalue weighted by Gasteiger charge is -2.36. The molecule has 2 aliphatic rings. The highest BCUT2D eigenvalue weighted by molar-refractivity contribution is 7.99. The van der Waals surface area contributed by atoms with E-state index in [1.165, 1.54) is 0 Å². The normalized spacial score (nSPS) is 23.1. The van der Waals surface area contributed by atoms with Gasteiger partial charge in [0.25, 0.3) is 5.91 Å². The van der Waals surface area contributed by atoms with E-state index in [9.17, 15) is 14.4 Å². The molecule has 0 radical (unpaired) electrons. The molecule has 1 aromatic carbocycles. The van der Waals surface area contributed by atoms with E-state index in [1.807, 2.05) is 23.1 Å². The molecule has 2 amide bonds. The maximum Gasteiger partial charge on any atom is 0.303 e. The van der Waals surface area contributed by atoms with Crippen molar-refractivity contribution in [1.29, 1.82) is 0 Å². The molecule has 0 saturated carbocycles. The second-order valence-electron chi connectivity index (χ2n) is 6.88. The number of piperidine rings is 1. The molecule has 0 bridgehead atoms. The van der Waals surface area contributed by atoms with Crippen LogP contribution < -0.4 is 0 Å². The Labute approximate surface area is 157 Å². The standard InChI is InChI=1S/C19H24N2O4S/c22-17(23)9-8-14-5-4-10-20(11-14)19(25)16-12-26-13-21(16)18(24)15-6-2-1-3-7-15/h1-3,6-7,14,16H,4-5,8-13H2,(H,22,23). The number of carboxylic acids is 1. The maximum absolute atomic E-state index is 13.0. The Morgan fingerprint density at radius 3 is 2.69 bits per heavy atom. The van der Waals surface area contributed by atoms with Crippen LogP contribution in [0.1, 0.15) is 36.0 Å². The highest BCUT2D eigenvalue weighted by Gasteiger charge is 2.38. The SMILES string of the molecule is O=C(O)CCC1CCCN(C(=O)C2CSCN2C(=O)c2ccccc2)C1. The molecule has 1 aromatic rings. The van der Waals surface area contributed by atoms with Crippen LogP contribution >= 0.6 is 11.8 Å². The number of nitrogens with zero attached hydrogens (tertiary/aromatic N) is 2. The van der Waals surface area contributed by atoms with Gasteiger partial charge in [0.2, 0.25) is 5.91 Å². The molecule has 2 unspecified atom stereocenters. The van der Waals surface area contributed by atoms with Crippen LogP contribution in [0, 0.1) is 5.92 Å². The number of benzene rings is 1. The number of aliphatic carboxylic acids is 1. The molecule has 3 rings (SSSR count). The zero-order chi connectivity index (χ0) is 18.5. The molecule has 7 heteroatoms. The molecule has 2 saturated heterocycles. The van der Waals surface area contributed by atoms with Crippen LogP contribution in [0.3, 0.4) is 0 Å². The Morgan fingerprint density at radius 1 is 1.19 bits per heavy atom. The molecule has 26 heavy (non-hydrogen) atoms. The van der Waals surface area contributed by atoms with Gasteiger partial charge in [-0.1, -0.05) is 18.2 Å². The highest BCUT2D eigenvalue weighted by Crippen LogP contribution is 2.27. The first-order valence-corrected chi connectivity index (χ1v) is 10.2. The van der Waals surface area contributed by atoms with E-state index in [0.717, 1.165) is 12.8 Å². The van der Waals surface area contributed by atoms with Crippen LogP contribution in [-0.2, 0) is 9.59 Å². The summed E-state index contributed by atoms with van der Waals surface area (Å²) in [6, 6.07) is 8.63. The number of carbonyl (C=O) groups is 3. The van der Waals surface area contributed by atoms with Crippen molar-refractivity contribution in [3.8, 4) is 0 Å². The summed E-state index contributed by atoms with van der Waals surface area (Å²) in [5, 5.41) is 8.87. The summed E-state index contributed by atoms with van der Waals surface area (Å²) in [5.41, 5.74) is 0.603. The Hall–Kier alpha value is -2.02. The zero-order valence-electron chi connectivity index (χ0n) is 14.7. The minimum atomic E-state index is -0.791. The van der Waals surface area contributed by atoms with Gasteiger partial charge in [0.05, 0.1) is 5.88 Å². The predicted octanol–water partition coefficient (Wildman–Crippen LogP) is 2.31. The summed E-state index contributed by atoms with van der Waals surface area (Å²) in [7, 11) is 0. The van der Waals surface area contributed by atoms with Crippen molar-refractivity contribution in [3.63, 3.8) is 0 Å². The molecular formula is C19H24N2O4S. The summed E-state index contributed by atoms with van der Waals surface area (Å²) in [5.74, 6) is 0.484. The molecule has 2 aliphatic heterocycles. The number of rotatable bonds is 5. The van der Waals surface area contributed by atoms with Gasteiger partial charge in [0.15, 0.2) is 0 Å². The van der Waals surface area contributed by atoms with Gasteiger partial charge >= 0.3 is 5.97 Å². The van der Waals surface area contributed by atoms with Crippen molar-refractivity contribution in [2.24, 2.45) is 5.92 Å². The molecule has 140 valence electrons. The number of amides is 2. The Balaban J connectivity index is 1.64. The van der Waals surface area contributed by atoms with Gasteiger partial charge in [0.1, 0.15) is 6.04 Å². The first-order valence-electron chi connectivity index (χ1n) is 9.00. The predicted molar refractivity (Wildman–Crippen MR) is 99.9 cm³/mol. The van der Waals surface area contributed by atoms with Crippen molar-refractivity contribution in [2.45, 2.75) is 31.7 Å². The molecule has 1 N–H and O–H groups in total. The molecular weight excluding hydrogens is 352 g/mol. The second kappa shape index (κ2) is 8.58. The maximum atomic E-state index is 13.0. The van der Waals surface area contributed by atoms with Gasteiger partial charge in [-0.25, -0.2) is 0 Å². The summed E-state index contributed by atoms with van der Waals surface area (Å²) in [6.07, 6.45) is 2.60. The molecule has 2 atom stereocenters. The molecule has 0 aromatic heterocycles. The Bertz CT molecular complexity index is 667. The third-order valence-electron chi connectivity index (χ3n) is 5.05. The van der Waals surface area contributed by atoms with Gasteiger partial charge in [-0.3, -0.25) is 14.4 Å². The van der Waals surface area contributed by atoms with E-state index in [-0.39, 0.29) is 24.2 Å². The van der Waals surface area contributed by atoms with Crippen molar-refractivity contribution < 1.29 is 19.5 Å². The first kappa shape index (κ1) is 18.8. The average Bonchev–Trinajstić information content (AvgIpc) is 3.16. The zero-order valence-corrected chi connectivity index (χ0v) is 15.5. The summed E-state index contributed by atoms with van der Waals surface area (Å²) < 4.78 is 0. The van der Waals surface area contributed by atoms with Gasteiger partial charge in [-0.05, 0) is 37.3 Å². The van der Waals surface area contributed by atoms with Crippen LogP contribution in [0.5, 0.6) is 0 Å². The number of carbonyl (C=O) groups excluding carboxylic acids is 2. The van der Waals surface area contributed by atoms with Crippen LogP contribution in [0.2, 0.25) is 0 Å². The van der Waals surface area contributed by atoms with Crippen LogP contribution in [0.15, 0.2) is 30.3 Å². The second-order valence-corrected chi connectivity index (χ2v) is 7.88. The van der Waals surface area contributed by atoms with E-state index in [0.29, 0.717) is 36.7 Å². The third-order valence-corrected chi connectivity index (χ3v) is 6.06. The lowest BCUT2D eigenvalue weighted by molar-refractivity contribution is -0.137. The minimum Gasteiger partial charge on any atom is -0.481 e. The van der Waals surface area contributed by atoms with Crippen LogP contribution in [-0.4, -0.2) is 63.5 Å². The van der Waals surface area contributed by atoms with Gasteiger partial charge in [-0.2, -0.15) is 0 Å². The number of hydrogen-bond donors (Lipinski definition) is 1. The molecule has 2 heterocycles. The minimum absolute atomic E-state index is 0.000642. The van der Waals surface area contributed by atoms with Crippen LogP contribution in [0.25, 0.3) is 0 Å². The number of carboxylic acid groups (broad SMARTS) is 1. The fourth-order valence-electron chi connectivity index (χ4n) is 3.63. The van der Waals surface area contributed by atoms with E-state index in [2.05, 4.69) is 0 Å². The van der Waals surface area contributed by atoms with Crippen molar-refractivity contribution in [2.75, 3.05) is 24.7 Å². The number of likely N-dealkylation sites (tertiary alicyclic amines) is 1. The van der Waals surface area contributed by atoms with E-state index < -0.39 is 12.0 Å². The fourth-order valence-corrected chi connectivity index (χ4v) is 4.78. The first-order chi connectivity index (χ1) is 12.6. The molecule has 6 nitrogen and oxygen atoms in total. The van der Waals surface area contributed by atoms with E-state index in [1.54, 1.807) is 28.8 Å². The fraction of sp³-hybridized carbons (Fsp3) is 0.526. The average molecular weight is 376 g/mol. The lowest BCUT2D eigenvalue weighted by atomic mass is 9.93. The van der Waals surface area contributed by atoms with E-state index in [4.69, 9.17) is 5.11 Å². The lowest BCUT2D eigenvalue weighted by Crippen LogP contribution is -2.51. The molecule has 2 fully saturated rings. The highest BCUT2D eigenvalue weighted by atomic mass is 32.2. The van der Waals surface area contributed by atoms with Gasteiger partial charge in [-0.15, -0.1) is 11.8 Å². The number of thioether (sulfide) groups is 1. The quantitative estimate of drug-likeness (QED) is 0.853. The van der Waals surface area contributed by atoms with E-state index >= 15 is 0 Å². The largest absolute Gasteiger partial charge is 0.481 e. The van der Waals surface area contributed by atoms with Gasteiger partial charge < -0.3 is 14.9 Å².